The molecule has 9 heteroatoms. The summed E-state index contributed by atoms with van der Waals surface area (Å²) in [5.41, 5.74) is 0.132. The van der Waals surface area contributed by atoms with Crippen LogP contribution in [0.25, 0.3) is 10.9 Å². The monoisotopic (exact) mass is 449 g/mol. The zero-order valence-electron chi connectivity index (χ0n) is 16.3. The summed E-state index contributed by atoms with van der Waals surface area (Å²) >= 11 is 0. The summed E-state index contributed by atoms with van der Waals surface area (Å²) < 4.78 is 66.4. The number of benzene rings is 2. The Balaban J connectivity index is 1.78. The molecular weight excluding hydrogens is 426 g/mol. The van der Waals surface area contributed by atoms with Gasteiger partial charge in [0.25, 0.3) is 20.1 Å². The first-order valence-corrected chi connectivity index (χ1v) is 12.7. The summed E-state index contributed by atoms with van der Waals surface area (Å²) in [5, 5.41) is 0.113. The second kappa shape index (κ2) is 8.05. The van der Waals surface area contributed by atoms with Gasteiger partial charge in [-0.2, -0.15) is 8.42 Å². The first-order valence-electron chi connectivity index (χ1n) is 9.83. The van der Waals surface area contributed by atoms with E-state index < -0.39 is 25.0 Å². The summed E-state index contributed by atoms with van der Waals surface area (Å²) in [6.07, 6.45) is 6.76. The fourth-order valence-corrected chi connectivity index (χ4v) is 6.05. The molecule has 7 nitrogen and oxygen atoms in total. The Morgan fingerprint density at radius 2 is 1.67 bits per heavy atom. The molecule has 1 heterocycles. The average molecular weight is 450 g/mol. The Morgan fingerprint density at radius 1 is 0.967 bits per heavy atom. The Bertz CT molecular complexity index is 1260. The molecule has 1 aliphatic rings. The Labute approximate surface area is 176 Å². The molecule has 0 aliphatic heterocycles. The van der Waals surface area contributed by atoms with Crippen LogP contribution < -0.4 is 4.74 Å². The van der Waals surface area contributed by atoms with Crippen molar-refractivity contribution < 1.29 is 26.1 Å². The molecule has 4 rings (SSSR count). The highest BCUT2D eigenvalue weighted by Crippen LogP contribution is 2.32. The molecule has 1 fully saturated rings. The third kappa shape index (κ3) is 4.10. The lowest BCUT2D eigenvalue weighted by atomic mass is 9.90. The van der Waals surface area contributed by atoms with Gasteiger partial charge in [-0.15, -0.1) is 0 Å². The van der Waals surface area contributed by atoms with Gasteiger partial charge in [0.2, 0.25) is 0 Å². The van der Waals surface area contributed by atoms with Gasteiger partial charge in [0.1, 0.15) is 10.6 Å². The fourth-order valence-electron chi connectivity index (χ4n) is 3.92. The van der Waals surface area contributed by atoms with Gasteiger partial charge in [-0.05, 0) is 43.0 Å². The van der Waals surface area contributed by atoms with Crippen LogP contribution in [0.2, 0.25) is 0 Å². The molecule has 0 bridgehead atoms. The van der Waals surface area contributed by atoms with Crippen LogP contribution in [-0.2, 0) is 20.1 Å². The van der Waals surface area contributed by atoms with Gasteiger partial charge >= 0.3 is 0 Å². The highest BCUT2D eigenvalue weighted by molar-refractivity contribution is 7.90. The van der Waals surface area contributed by atoms with Crippen molar-refractivity contribution in [2.75, 3.05) is 6.61 Å². The third-order valence-electron chi connectivity index (χ3n) is 5.49. The fraction of sp³-hybridized carbons (Fsp3) is 0.333. The first-order chi connectivity index (χ1) is 14.3. The Morgan fingerprint density at radius 3 is 2.33 bits per heavy atom. The molecule has 0 spiro atoms. The molecule has 2 aromatic carbocycles. The molecule has 1 N–H and O–H groups in total. The van der Waals surface area contributed by atoms with E-state index in [1.165, 1.54) is 43.5 Å². The topological polar surface area (TPSA) is 103 Å². The molecule has 160 valence electrons. The van der Waals surface area contributed by atoms with Gasteiger partial charge in [0.05, 0.1) is 17.0 Å². The van der Waals surface area contributed by atoms with Gasteiger partial charge in [-0.3, -0.25) is 4.55 Å². The molecule has 30 heavy (non-hydrogen) atoms. The minimum atomic E-state index is -4.62. The van der Waals surface area contributed by atoms with Crippen LogP contribution in [0.5, 0.6) is 5.75 Å². The number of hydrogen-bond donors (Lipinski definition) is 1. The first kappa shape index (κ1) is 20.9. The molecule has 0 unspecified atom stereocenters. The van der Waals surface area contributed by atoms with Crippen molar-refractivity contribution in [1.82, 2.24) is 3.97 Å². The second-order valence-electron chi connectivity index (χ2n) is 7.58. The highest BCUT2D eigenvalue weighted by Gasteiger charge is 2.26. The lowest BCUT2D eigenvalue weighted by Gasteiger charge is -2.21. The van der Waals surface area contributed by atoms with Crippen LogP contribution in [-0.4, -0.2) is 32.0 Å². The van der Waals surface area contributed by atoms with E-state index in [-0.39, 0.29) is 15.8 Å². The molecule has 1 saturated carbocycles. The minimum absolute atomic E-state index is 0.0114. The van der Waals surface area contributed by atoms with Crippen molar-refractivity contribution in [3.63, 3.8) is 0 Å². The van der Waals surface area contributed by atoms with Gasteiger partial charge in [-0.25, -0.2) is 12.4 Å². The van der Waals surface area contributed by atoms with Crippen molar-refractivity contribution in [3.8, 4) is 5.75 Å². The maximum absolute atomic E-state index is 13.2. The van der Waals surface area contributed by atoms with Crippen molar-refractivity contribution >= 4 is 31.0 Å². The zero-order valence-corrected chi connectivity index (χ0v) is 17.9. The standard InChI is InChI=1S/C21H23NO6S2/c23-29(24,18-9-5-2-6-10-18)22-14-21(30(25,26)27)19-12-11-17(13-20(19)22)28-15-16-7-3-1-4-8-16/h2,5-6,9-14,16H,1,3-4,7-8,15H2,(H,25,26,27). The van der Waals surface area contributed by atoms with Gasteiger partial charge in [0.15, 0.2) is 0 Å². The Hall–Kier alpha value is -2.36. The van der Waals surface area contributed by atoms with E-state index in [0.717, 1.165) is 23.0 Å². The maximum atomic E-state index is 13.2. The van der Waals surface area contributed by atoms with Crippen LogP contribution >= 0.6 is 0 Å². The van der Waals surface area contributed by atoms with Crippen LogP contribution in [0.15, 0.2) is 64.5 Å². The summed E-state index contributed by atoms with van der Waals surface area (Å²) in [6.45, 7) is 0.531. The van der Waals surface area contributed by atoms with E-state index in [1.54, 1.807) is 24.3 Å². The van der Waals surface area contributed by atoms with Crippen molar-refractivity contribution in [3.05, 3.63) is 54.7 Å². The van der Waals surface area contributed by atoms with Crippen molar-refractivity contribution in [1.29, 1.82) is 0 Å². The second-order valence-corrected chi connectivity index (χ2v) is 10.8. The summed E-state index contributed by atoms with van der Waals surface area (Å²) in [7, 11) is -8.69. The van der Waals surface area contributed by atoms with E-state index >= 15 is 0 Å². The molecule has 3 aromatic rings. The number of ether oxygens (including phenoxy) is 1. The predicted octanol–water partition coefficient (Wildman–Crippen LogP) is 4.08. The Kier molecular flexibility index (Phi) is 5.61. The van der Waals surface area contributed by atoms with Gasteiger partial charge in [0, 0.05) is 17.6 Å². The SMILES string of the molecule is O=S(=O)(O)c1cn(S(=O)(=O)c2ccccc2)c2cc(OCC3CCCCC3)ccc12. The van der Waals surface area contributed by atoms with Gasteiger partial charge in [-0.1, -0.05) is 37.5 Å². The number of aromatic nitrogens is 1. The molecule has 1 aromatic heterocycles. The van der Waals surface area contributed by atoms with E-state index in [1.807, 2.05) is 0 Å². The smallest absolute Gasteiger partial charge is 0.296 e. The van der Waals surface area contributed by atoms with Crippen LogP contribution in [0.3, 0.4) is 0 Å². The third-order valence-corrected chi connectivity index (χ3v) is 8.06. The van der Waals surface area contributed by atoms with E-state index in [2.05, 4.69) is 0 Å². The lowest BCUT2D eigenvalue weighted by molar-refractivity contribution is 0.209. The molecule has 0 saturated heterocycles. The number of hydrogen-bond acceptors (Lipinski definition) is 5. The lowest BCUT2D eigenvalue weighted by Crippen LogP contribution is -2.15. The molecule has 0 radical (unpaired) electrons. The molecular formula is C21H23NO6S2. The number of nitrogens with zero attached hydrogens (tertiary/aromatic N) is 1. The van der Waals surface area contributed by atoms with Crippen LogP contribution in [0.4, 0.5) is 0 Å². The number of rotatable bonds is 6. The van der Waals surface area contributed by atoms with E-state index in [9.17, 15) is 21.4 Å². The van der Waals surface area contributed by atoms with Crippen molar-refractivity contribution in [2.45, 2.75) is 41.9 Å². The van der Waals surface area contributed by atoms with E-state index in [4.69, 9.17) is 4.74 Å². The molecule has 0 amide bonds. The summed E-state index contributed by atoms with van der Waals surface area (Å²) in [4.78, 5) is -0.451. The quantitative estimate of drug-likeness (QED) is 0.569. The summed E-state index contributed by atoms with van der Waals surface area (Å²) in [5.74, 6) is 0.917. The van der Waals surface area contributed by atoms with Crippen LogP contribution in [0, 0.1) is 5.92 Å². The van der Waals surface area contributed by atoms with E-state index in [0.29, 0.717) is 18.3 Å². The summed E-state index contributed by atoms with van der Waals surface area (Å²) in [6, 6.07) is 12.3. The minimum Gasteiger partial charge on any atom is -0.493 e. The average Bonchev–Trinajstić information content (AvgIpc) is 3.14. The predicted molar refractivity (Wildman–Crippen MR) is 113 cm³/mol. The van der Waals surface area contributed by atoms with Gasteiger partial charge < -0.3 is 4.74 Å². The highest BCUT2D eigenvalue weighted by atomic mass is 32.2. The van der Waals surface area contributed by atoms with Crippen molar-refractivity contribution in [2.24, 2.45) is 5.92 Å². The van der Waals surface area contributed by atoms with Crippen LogP contribution in [0.1, 0.15) is 32.1 Å². The zero-order chi connectivity index (χ0) is 21.4. The number of fused-ring (bicyclic) bond motifs is 1. The molecule has 1 aliphatic carbocycles. The normalized spacial score (nSPS) is 16.0. The molecule has 0 atom stereocenters. The largest absolute Gasteiger partial charge is 0.493 e. The maximum Gasteiger partial charge on any atom is 0.296 e.